The Morgan fingerprint density at radius 2 is 1.89 bits per heavy atom. The number of hydrazone groups is 1. The molecule has 7 heteroatoms. The van der Waals surface area contributed by atoms with Crippen molar-refractivity contribution in [3.63, 3.8) is 0 Å². The molecule has 0 aliphatic heterocycles. The molecule has 148 valence electrons. The highest BCUT2D eigenvalue weighted by molar-refractivity contribution is 5.99. The van der Waals surface area contributed by atoms with Crippen molar-refractivity contribution >= 4 is 23.3 Å². The SMILES string of the molecule is COc1ccc(/C(C)=N\NC(=O)CNc2ccc(C)cc2C)cc1CC(=O)O. The van der Waals surface area contributed by atoms with Crippen LogP contribution in [0.25, 0.3) is 0 Å². The number of amides is 1. The molecule has 0 aliphatic carbocycles. The highest BCUT2D eigenvalue weighted by Crippen LogP contribution is 2.21. The van der Waals surface area contributed by atoms with E-state index < -0.39 is 5.97 Å². The number of hydrogen-bond donors (Lipinski definition) is 3. The highest BCUT2D eigenvalue weighted by atomic mass is 16.5. The summed E-state index contributed by atoms with van der Waals surface area (Å²) >= 11 is 0. The number of ether oxygens (including phenoxy) is 1. The van der Waals surface area contributed by atoms with E-state index in [1.165, 1.54) is 7.11 Å². The number of nitrogens with one attached hydrogen (secondary N) is 2. The molecule has 0 saturated heterocycles. The van der Waals surface area contributed by atoms with Crippen molar-refractivity contribution in [2.75, 3.05) is 19.0 Å². The first-order valence-electron chi connectivity index (χ1n) is 8.83. The third-order valence-corrected chi connectivity index (χ3v) is 4.21. The lowest BCUT2D eigenvalue weighted by atomic mass is 10.0. The van der Waals surface area contributed by atoms with Gasteiger partial charge in [0.15, 0.2) is 0 Å². The summed E-state index contributed by atoms with van der Waals surface area (Å²) < 4.78 is 5.19. The minimum absolute atomic E-state index is 0.0908. The molecule has 1 amide bonds. The predicted molar refractivity (Wildman–Crippen MR) is 109 cm³/mol. The summed E-state index contributed by atoms with van der Waals surface area (Å²) in [5.74, 6) is -0.727. The number of aryl methyl sites for hydroxylation is 2. The molecule has 28 heavy (non-hydrogen) atoms. The lowest BCUT2D eigenvalue weighted by molar-refractivity contribution is -0.136. The Bertz CT molecular complexity index is 907. The normalized spacial score (nSPS) is 11.1. The molecule has 2 aromatic rings. The summed E-state index contributed by atoms with van der Waals surface area (Å²) in [4.78, 5) is 23.1. The number of benzene rings is 2. The minimum atomic E-state index is -0.948. The second-order valence-electron chi connectivity index (χ2n) is 6.50. The number of carboxylic acid groups (broad SMARTS) is 1. The second-order valence-corrected chi connectivity index (χ2v) is 6.50. The molecule has 0 aromatic heterocycles. The number of carbonyl (C=O) groups excluding carboxylic acids is 1. The molecule has 0 radical (unpaired) electrons. The number of aliphatic carboxylic acids is 1. The lowest BCUT2D eigenvalue weighted by Gasteiger charge is -2.10. The largest absolute Gasteiger partial charge is 0.496 e. The van der Waals surface area contributed by atoms with Gasteiger partial charge in [-0.25, -0.2) is 5.43 Å². The van der Waals surface area contributed by atoms with Gasteiger partial charge in [0.25, 0.3) is 5.91 Å². The zero-order chi connectivity index (χ0) is 20.7. The summed E-state index contributed by atoms with van der Waals surface area (Å²) in [5.41, 5.74) is 7.45. The van der Waals surface area contributed by atoms with Crippen LogP contribution in [0, 0.1) is 13.8 Å². The van der Waals surface area contributed by atoms with Gasteiger partial charge in [-0.2, -0.15) is 5.10 Å². The third-order valence-electron chi connectivity index (χ3n) is 4.21. The van der Waals surface area contributed by atoms with E-state index in [2.05, 4.69) is 15.8 Å². The number of methoxy groups -OCH3 is 1. The fraction of sp³-hybridized carbons (Fsp3) is 0.286. The Kier molecular flexibility index (Phi) is 7.14. The van der Waals surface area contributed by atoms with E-state index in [0.29, 0.717) is 22.6 Å². The summed E-state index contributed by atoms with van der Waals surface area (Å²) in [5, 5.41) is 16.2. The first-order chi connectivity index (χ1) is 13.3. The van der Waals surface area contributed by atoms with Crippen LogP contribution in [0.3, 0.4) is 0 Å². The molecule has 7 nitrogen and oxygen atoms in total. The fourth-order valence-electron chi connectivity index (χ4n) is 2.74. The molecule has 0 spiro atoms. The highest BCUT2D eigenvalue weighted by Gasteiger charge is 2.10. The lowest BCUT2D eigenvalue weighted by Crippen LogP contribution is -2.27. The van der Waals surface area contributed by atoms with Crippen LogP contribution in [-0.4, -0.2) is 36.3 Å². The van der Waals surface area contributed by atoms with Crippen LogP contribution in [0.15, 0.2) is 41.5 Å². The van der Waals surface area contributed by atoms with Crippen molar-refractivity contribution in [3.05, 3.63) is 58.7 Å². The maximum Gasteiger partial charge on any atom is 0.307 e. The van der Waals surface area contributed by atoms with E-state index in [-0.39, 0.29) is 18.9 Å². The van der Waals surface area contributed by atoms with Crippen LogP contribution >= 0.6 is 0 Å². The van der Waals surface area contributed by atoms with Gasteiger partial charge < -0.3 is 15.2 Å². The quantitative estimate of drug-likeness (QED) is 0.481. The average molecular weight is 383 g/mol. The molecule has 0 bridgehead atoms. The van der Waals surface area contributed by atoms with Crippen molar-refractivity contribution in [1.29, 1.82) is 0 Å². The van der Waals surface area contributed by atoms with Crippen molar-refractivity contribution in [1.82, 2.24) is 5.43 Å². The van der Waals surface area contributed by atoms with Gasteiger partial charge in [-0.3, -0.25) is 9.59 Å². The number of anilines is 1. The van der Waals surface area contributed by atoms with Gasteiger partial charge in [-0.1, -0.05) is 17.7 Å². The maximum absolute atomic E-state index is 12.1. The Morgan fingerprint density at radius 3 is 2.54 bits per heavy atom. The molecule has 3 N–H and O–H groups in total. The van der Waals surface area contributed by atoms with Gasteiger partial charge in [-0.15, -0.1) is 0 Å². The third kappa shape index (κ3) is 5.84. The van der Waals surface area contributed by atoms with E-state index in [1.54, 1.807) is 25.1 Å². The van der Waals surface area contributed by atoms with Gasteiger partial charge in [0.05, 0.1) is 25.8 Å². The fourth-order valence-corrected chi connectivity index (χ4v) is 2.74. The zero-order valence-electron chi connectivity index (χ0n) is 16.5. The van der Waals surface area contributed by atoms with Crippen molar-refractivity contribution in [2.24, 2.45) is 5.10 Å². The van der Waals surface area contributed by atoms with Gasteiger partial charge in [-0.05, 0) is 56.2 Å². The summed E-state index contributed by atoms with van der Waals surface area (Å²) in [6.07, 6.45) is -0.156. The number of nitrogens with zero attached hydrogens (tertiary/aromatic N) is 1. The first kappa shape index (κ1) is 21.0. The zero-order valence-corrected chi connectivity index (χ0v) is 16.5. The van der Waals surface area contributed by atoms with E-state index in [0.717, 1.165) is 16.8 Å². The summed E-state index contributed by atoms with van der Waals surface area (Å²) in [7, 11) is 1.49. The molecule has 2 rings (SSSR count). The molecular weight excluding hydrogens is 358 g/mol. The topological polar surface area (TPSA) is 100 Å². The van der Waals surface area contributed by atoms with Crippen molar-refractivity contribution in [2.45, 2.75) is 27.2 Å². The maximum atomic E-state index is 12.1. The predicted octanol–water partition coefficient (Wildman–Crippen LogP) is 2.89. The van der Waals surface area contributed by atoms with Crippen LogP contribution in [0.4, 0.5) is 5.69 Å². The van der Waals surface area contributed by atoms with E-state index in [1.807, 2.05) is 32.0 Å². The van der Waals surface area contributed by atoms with E-state index in [4.69, 9.17) is 9.84 Å². The number of carboxylic acids is 1. The Labute approximate surface area is 164 Å². The molecule has 0 fully saturated rings. The van der Waals surface area contributed by atoms with E-state index in [9.17, 15) is 9.59 Å². The summed E-state index contributed by atoms with van der Waals surface area (Å²) in [6.45, 7) is 5.83. The Balaban J connectivity index is 2.01. The Morgan fingerprint density at radius 1 is 1.14 bits per heavy atom. The smallest absolute Gasteiger partial charge is 0.307 e. The molecule has 2 aromatic carbocycles. The average Bonchev–Trinajstić information content (AvgIpc) is 2.64. The summed E-state index contributed by atoms with van der Waals surface area (Å²) in [6, 6.07) is 11.1. The molecule has 0 unspecified atom stereocenters. The minimum Gasteiger partial charge on any atom is -0.496 e. The number of hydrogen-bond acceptors (Lipinski definition) is 5. The number of rotatable bonds is 8. The molecule has 0 heterocycles. The van der Waals surface area contributed by atoms with Crippen molar-refractivity contribution in [3.8, 4) is 5.75 Å². The van der Waals surface area contributed by atoms with Crippen LogP contribution in [-0.2, 0) is 16.0 Å². The van der Waals surface area contributed by atoms with Gasteiger partial charge >= 0.3 is 5.97 Å². The molecule has 0 atom stereocenters. The first-order valence-corrected chi connectivity index (χ1v) is 8.83. The van der Waals surface area contributed by atoms with Gasteiger partial charge in [0.1, 0.15) is 5.75 Å². The second kappa shape index (κ2) is 9.55. The van der Waals surface area contributed by atoms with Crippen LogP contribution in [0.2, 0.25) is 0 Å². The molecular formula is C21H25N3O4. The van der Waals surface area contributed by atoms with Crippen LogP contribution < -0.4 is 15.5 Å². The molecule has 0 aliphatic rings. The van der Waals surface area contributed by atoms with Crippen LogP contribution in [0.5, 0.6) is 5.75 Å². The van der Waals surface area contributed by atoms with E-state index >= 15 is 0 Å². The standard InChI is InChI=1S/C21H25N3O4/c1-13-5-7-18(14(2)9-13)22-12-20(25)24-23-15(3)16-6-8-19(28-4)17(10-16)11-21(26)27/h5-10,22H,11-12H2,1-4H3,(H,24,25)(H,26,27)/b23-15-. The van der Waals surface area contributed by atoms with Crippen LogP contribution in [0.1, 0.15) is 29.2 Å². The van der Waals surface area contributed by atoms with Gasteiger partial charge in [0, 0.05) is 11.3 Å². The molecule has 0 saturated carbocycles. The number of carbonyl (C=O) groups is 2. The van der Waals surface area contributed by atoms with Gasteiger partial charge in [0.2, 0.25) is 0 Å². The van der Waals surface area contributed by atoms with Crippen molar-refractivity contribution < 1.29 is 19.4 Å². The Hall–Kier alpha value is -3.35. The monoisotopic (exact) mass is 383 g/mol.